The molecule has 13 heavy (non-hydrogen) atoms. The summed E-state index contributed by atoms with van der Waals surface area (Å²) in [6, 6.07) is 0.607. The van der Waals surface area contributed by atoms with Crippen LogP contribution in [0.5, 0.6) is 0 Å². The van der Waals surface area contributed by atoms with Crippen LogP contribution in [0, 0.1) is 0 Å². The molecule has 0 radical (unpaired) electrons. The van der Waals surface area contributed by atoms with Crippen LogP contribution < -0.4 is 16.6 Å². The number of halogens is 1. The van der Waals surface area contributed by atoms with E-state index in [0.717, 1.165) is 0 Å². The van der Waals surface area contributed by atoms with Crippen molar-refractivity contribution in [1.82, 2.24) is 10.9 Å². The molecule has 0 fully saturated rings. The van der Waals surface area contributed by atoms with Crippen molar-refractivity contribution in [2.24, 2.45) is 5.73 Å². The number of urea groups is 1. The van der Waals surface area contributed by atoms with Crippen molar-refractivity contribution in [2.45, 2.75) is 0 Å². The summed E-state index contributed by atoms with van der Waals surface area (Å²) in [6.07, 6.45) is 1.34. The maximum absolute atomic E-state index is 11.2. The molecule has 3 amide bonds. The van der Waals surface area contributed by atoms with Crippen LogP contribution >= 0.6 is 15.9 Å². The van der Waals surface area contributed by atoms with E-state index in [1.165, 1.54) is 12.3 Å². The molecule has 0 spiro atoms. The van der Waals surface area contributed by atoms with Crippen LogP contribution in [0.25, 0.3) is 0 Å². The van der Waals surface area contributed by atoms with Gasteiger partial charge in [0.2, 0.25) is 0 Å². The van der Waals surface area contributed by atoms with E-state index >= 15 is 0 Å². The summed E-state index contributed by atoms with van der Waals surface area (Å²) < 4.78 is 5.09. The average Bonchev–Trinajstić information content (AvgIpc) is 2.47. The standard InChI is InChI=1S/C6H6BrN3O3/c7-4-3(1-2-13-4)5(11)9-10-6(8)12/h1-2H,(H,9,11)(H3,8,10,12). The number of carbonyl (C=O) groups excluding carboxylic acids is 2. The molecule has 0 unspecified atom stereocenters. The van der Waals surface area contributed by atoms with E-state index in [2.05, 4.69) is 21.4 Å². The van der Waals surface area contributed by atoms with Crippen molar-refractivity contribution >= 4 is 27.9 Å². The van der Waals surface area contributed by atoms with Gasteiger partial charge in [0.25, 0.3) is 5.91 Å². The third-order valence-electron chi connectivity index (χ3n) is 1.16. The molecule has 0 saturated carbocycles. The SMILES string of the molecule is NC(=O)NNC(=O)c1ccoc1Br. The van der Waals surface area contributed by atoms with Crippen molar-refractivity contribution in [2.75, 3.05) is 0 Å². The summed E-state index contributed by atoms with van der Waals surface area (Å²) >= 11 is 3.00. The Morgan fingerprint density at radius 3 is 2.62 bits per heavy atom. The summed E-state index contributed by atoms with van der Waals surface area (Å²) in [7, 11) is 0. The first-order valence-electron chi connectivity index (χ1n) is 3.20. The van der Waals surface area contributed by atoms with Gasteiger partial charge >= 0.3 is 6.03 Å². The van der Waals surface area contributed by atoms with E-state index in [1.54, 1.807) is 0 Å². The molecule has 4 N–H and O–H groups in total. The monoisotopic (exact) mass is 247 g/mol. The first-order chi connectivity index (χ1) is 6.11. The number of rotatable bonds is 1. The van der Waals surface area contributed by atoms with Gasteiger partial charge in [0.15, 0.2) is 4.67 Å². The van der Waals surface area contributed by atoms with Gasteiger partial charge in [-0.3, -0.25) is 10.2 Å². The van der Waals surface area contributed by atoms with Crippen LogP contribution in [-0.2, 0) is 0 Å². The highest BCUT2D eigenvalue weighted by Gasteiger charge is 2.11. The molecule has 0 bridgehead atoms. The van der Waals surface area contributed by atoms with Crippen molar-refractivity contribution in [1.29, 1.82) is 0 Å². The Bertz CT molecular complexity index is 336. The van der Waals surface area contributed by atoms with Gasteiger partial charge in [0, 0.05) is 0 Å². The smallest absolute Gasteiger partial charge is 0.330 e. The zero-order chi connectivity index (χ0) is 9.84. The lowest BCUT2D eigenvalue weighted by atomic mass is 10.3. The topological polar surface area (TPSA) is 97.4 Å². The van der Waals surface area contributed by atoms with Gasteiger partial charge in [0.1, 0.15) is 0 Å². The predicted octanol–water partition coefficient (Wildman–Crippen LogP) is 0.355. The fourth-order valence-electron chi connectivity index (χ4n) is 0.641. The maximum Gasteiger partial charge on any atom is 0.330 e. The maximum atomic E-state index is 11.2. The van der Waals surface area contributed by atoms with Crippen molar-refractivity contribution in [3.8, 4) is 0 Å². The van der Waals surface area contributed by atoms with Crippen LogP contribution in [0.3, 0.4) is 0 Å². The quantitative estimate of drug-likeness (QED) is 0.625. The number of hydrazine groups is 1. The van der Waals surface area contributed by atoms with E-state index in [1.807, 2.05) is 5.43 Å². The fourth-order valence-corrected chi connectivity index (χ4v) is 1.06. The Morgan fingerprint density at radius 2 is 2.15 bits per heavy atom. The molecule has 1 rings (SSSR count). The number of nitrogens with one attached hydrogen (secondary N) is 2. The van der Waals surface area contributed by atoms with Gasteiger partial charge < -0.3 is 10.2 Å². The molecule has 7 heteroatoms. The molecule has 0 aromatic carbocycles. The van der Waals surface area contributed by atoms with Gasteiger partial charge in [-0.05, 0) is 22.0 Å². The molecule has 70 valence electrons. The number of furan rings is 1. The minimum Gasteiger partial charge on any atom is -0.457 e. The zero-order valence-corrected chi connectivity index (χ0v) is 7.92. The Morgan fingerprint density at radius 1 is 1.46 bits per heavy atom. The highest BCUT2D eigenvalue weighted by Crippen LogP contribution is 2.16. The number of amides is 3. The number of primary amides is 1. The van der Waals surface area contributed by atoms with Gasteiger partial charge in [-0.25, -0.2) is 10.2 Å². The predicted molar refractivity (Wildman–Crippen MR) is 46.6 cm³/mol. The lowest BCUT2D eigenvalue weighted by Crippen LogP contribution is -2.44. The molecule has 6 nitrogen and oxygen atoms in total. The molecular formula is C6H6BrN3O3. The van der Waals surface area contributed by atoms with Crippen molar-refractivity contribution in [3.05, 3.63) is 22.6 Å². The van der Waals surface area contributed by atoms with Gasteiger partial charge in [-0.2, -0.15) is 0 Å². The Kier molecular flexibility index (Phi) is 2.91. The summed E-state index contributed by atoms with van der Waals surface area (Å²) in [5, 5.41) is 0. The second-order valence-electron chi connectivity index (χ2n) is 2.05. The van der Waals surface area contributed by atoms with E-state index in [0.29, 0.717) is 0 Å². The third kappa shape index (κ3) is 2.48. The van der Waals surface area contributed by atoms with Gasteiger partial charge in [-0.15, -0.1) is 0 Å². The molecule has 0 saturated heterocycles. The lowest BCUT2D eigenvalue weighted by molar-refractivity contribution is 0.0935. The highest BCUT2D eigenvalue weighted by atomic mass is 79.9. The van der Waals surface area contributed by atoms with E-state index in [-0.39, 0.29) is 10.2 Å². The molecule has 1 heterocycles. The van der Waals surface area contributed by atoms with E-state index < -0.39 is 11.9 Å². The molecule has 1 aromatic heterocycles. The Balaban J connectivity index is 2.59. The second-order valence-corrected chi connectivity index (χ2v) is 2.77. The molecule has 0 atom stereocenters. The third-order valence-corrected chi connectivity index (χ3v) is 1.78. The average molecular weight is 248 g/mol. The fraction of sp³-hybridized carbons (Fsp3) is 0. The van der Waals surface area contributed by atoms with Crippen LogP contribution in [0.2, 0.25) is 0 Å². The van der Waals surface area contributed by atoms with Gasteiger partial charge in [-0.1, -0.05) is 0 Å². The number of hydrogen-bond acceptors (Lipinski definition) is 3. The largest absolute Gasteiger partial charge is 0.457 e. The van der Waals surface area contributed by atoms with E-state index in [9.17, 15) is 9.59 Å². The number of hydrogen-bond donors (Lipinski definition) is 3. The van der Waals surface area contributed by atoms with Crippen LogP contribution in [0.1, 0.15) is 10.4 Å². The van der Waals surface area contributed by atoms with Crippen molar-refractivity contribution < 1.29 is 14.0 Å². The summed E-state index contributed by atoms with van der Waals surface area (Å²) in [4.78, 5) is 21.4. The van der Waals surface area contributed by atoms with Crippen LogP contribution in [-0.4, -0.2) is 11.9 Å². The zero-order valence-electron chi connectivity index (χ0n) is 6.33. The second kappa shape index (κ2) is 3.94. The molecule has 0 aliphatic rings. The molecular weight excluding hydrogens is 242 g/mol. The Labute approximate surface area is 81.6 Å². The first kappa shape index (κ1) is 9.59. The molecule has 1 aromatic rings. The Hall–Kier alpha value is -1.50. The van der Waals surface area contributed by atoms with Crippen molar-refractivity contribution in [3.63, 3.8) is 0 Å². The summed E-state index contributed by atoms with van der Waals surface area (Å²) in [5.41, 5.74) is 9.01. The molecule has 0 aliphatic heterocycles. The molecule has 0 aliphatic carbocycles. The lowest BCUT2D eigenvalue weighted by Gasteiger charge is -2.01. The first-order valence-corrected chi connectivity index (χ1v) is 3.99. The van der Waals surface area contributed by atoms with Crippen LogP contribution in [0.4, 0.5) is 4.79 Å². The summed E-state index contributed by atoms with van der Waals surface area (Å²) in [6.45, 7) is 0. The van der Waals surface area contributed by atoms with Gasteiger partial charge in [0.05, 0.1) is 11.8 Å². The normalized spacial score (nSPS) is 9.31. The number of nitrogens with two attached hydrogens (primary N) is 1. The van der Waals surface area contributed by atoms with E-state index in [4.69, 9.17) is 10.2 Å². The highest BCUT2D eigenvalue weighted by molar-refractivity contribution is 9.10. The minimum atomic E-state index is -0.840. The number of carbonyl (C=O) groups is 2. The van der Waals surface area contributed by atoms with Crippen LogP contribution in [0.15, 0.2) is 21.4 Å². The minimum absolute atomic E-state index is 0.272. The summed E-state index contributed by atoms with van der Waals surface area (Å²) in [5.74, 6) is -0.514.